The predicted octanol–water partition coefficient (Wildman–Crippen LogP) is 2.89. The van der Waals surface area contributed by atoms with E-state index in [2.05, 4.69) is 24.1 Å². The van der Waals surface area contributed by atoms with Crippen LogP contribution in [0.4, 0.5) is 4.39 Å². The Bertz CT molecular complexity index is 466. The number of ether oxygens (including phenoxy) is 1. The van der Waals surface area contributed by atoms with Crippen molar-refractivity contribution in [2.24, 2.45) is 0 Å². The van der Waals surface area contributed by atoms with Gasteiger partial charge in [-0.15, -0.1) is 0 Å². The van der Waals surface area contributed by atoms with Crippen LogP contribution in [0, 0.1) is 12.7 Å². The van der Waals surface area contributed by atoms with Gasteiger partial charge in [-0.2, -0.15) is 0 Å². The zero-order valence-electron chi connectivity index (χ0n) is 13.5. The lowest BCUT2D eigenvalue weighted by Gasteiger charge is -2.37. The molecule has 3 atom stereocenters. The van der Waals surface area contributed by atoms with Crippen LogP contribution in [0.2, 0.25) is 0 Å². The van der Waals surface area contributed by atoms with Crippen LogP contribution in [0.1, 0.15) is 37.4 Å². The molecule has 1 aromatic rings. The van der Waals surface area contributed by atoms with Crippen molar-refractivity contribution in [2.75, 3.05) is 26.7 Å². The molecule has 1 aliphatic heterocycles. The van der Waals surface area contributed by atoms with E-state index < -0.39 is 0 Å². The molecule has 118 valence electrons. The number of nitrogens with one attached hydrogen (secondary N) is 1. The molecule has 1 heterocycles. The summed E-state index contributed by atoms with van der Waals surface area (Å²) in [5.41, 5.74) is 1.72. The summed E-state index contributed by atoms with van der Waals surface area (Å²) in [5, 5.41) is 3.31. The Morgan fingerprint density at radius 3 is 2.86 bits per heavy atom. The Morgan fingerprint density at radius 2 is 2.19 bits per heavy atom. The largest absolute Gasteiger partial charge is 0.376 e. The van der Waals surface area contributed by atoms with Crippen molar-refractivity contribution >= 4 is 0 Å². The molecule has 1 aliphatic rings. The van der Waals surface area contributed by atoms with Gasteiger partial charge in [0.25, 0.3) is 0 Å². The van der Waals surface area contributed by atoms with Crippen LogP contribution in [0.15, 0.2) is 18.2 Å². The molecule has 1 saturated heterocycles. The first kappa shape index (κ1) is 16.4. The average molecular weight is 294 g/mol. The number of morpholine rings is 1. The fourth-order valence-electron chi connectivity index (χ4n) is 2.88. The second-order valence-corrected chi connectivity index (χ2v) is 6.13. The summed E-state index contributed by atoms with van der Waals surface area (Å²) in [7, 11) is 1.94. The van der Waals surface area contributed by atoms with E-state index in [0.29, 0.717) is 17.7 Å². The number of benzene rings is 1. The van der Waals surface area contributed by atoms with Crippen LogP contribution in [-0.2, 0) is 4.74 Å². The first-order valence-electron chi connectivity index (χ1n) is 7.80. The lowest BCUT2D eigenvalue weighted by atomic mass is 10.0. The van der Waals surface area contributed by atoms with Crippen LogP contribution in [0.5, 0.6) is 0 Å². The standard InChI is InChI=1S/C17H27FN2O/c1-12-5-6-15(9-16(12)18)17(19-4)7-8-20-10-14(3)21-11-13(20)2/h5-6,9,13-14,17,19H,7-8,10-11H2,1-4H3. The molecule has 0 spiro atoms. The van der Waals surface area contributed by atoms with Crippen molar-refractivity contribution in [3.05, 3.63) is 35.1 Å². The van der Waals surface area contributed by atoms with E-state index in [-0.39, 0.29) is 11.9 Å². The van der Waals surface area contributed by atoms with Gasteiger partial charge in [0.05, 0.1) is 12.7 Å². The van der Waals surface area contributed by atoms with Crippen molar-refractivity contribution in [3.63, 3.8) is 0 Å². The van der Waals surface area contributed by atoms with E-state index in [0.717, 1.165) is 31.7 Å². The van der Waals surface area contributed by atoms with Gasteiger partial charge in [0.15, 0.2) is 0 Å². The Hall–Kier alpha value is -0.970. The van der Waals surface area contributed by atoms with Gasteiger partial charge in [0.2, 0.25) is 0 Å². The summed E-state index contributed by atoms with van der Waals surface area (Å²) < 4.78 is 19.4. The Labute approximate surface area is 127 Å². The first-order chi connectivity index (χ1) is 10.0. The molecule has 0 saturated carbocycles. The molecule has 0 aromatic heterocycles. The van der Waals surface area contributed by atoms with Crippen LogP contribution in [0.25, 0.3) is 0 Å². The molecule has 0 aliphatic carbocycles. The fraction of sp³-hybridized carbons (Fsp3) is 0.647. The SMILES string of the molecule is CNC(CCN1CC(C)OCC1C)c1ccc(C)c(F)c1. The highest BCUT2D eigenvalue weighted by molar-refractivity contribution is 5.25. The molecule has 0 bridgehead atoms. The van der Waals surface area contributed by atoms with Gasteiger partial charge in [-0.1, -0.05) is 12.1 Å². The van der Waals surface area contributed by atoms with Crippen LogP contribution < -0.4 is 5.32 Å². The van der Waals surface area contributed by atoms with Crippen LogP contribution in [0.3, 0.4) is 0 Å². The van der Waals surface area contributed by atoms with Crippen LogP contribution >= 0.6 is 0 Å². The van der Waals surface area contributed by atoms with Crippen molar-refractivity contribution in [1.29, 1.82) is 0 Å². The van der Waals surface area contributed by atoms with Gasteiger partial charge in [0, 0.05) is 25.2 Å². The quantitative estimate of drug-likeness (QED) is 0.904. The predicted molar refractivity (Wildman–Crippen MR) is 84.0 cm³/mol. The summed E-state index contributed by atoms with van der Waals surface area (Å²) in [6.07, 6.45) is 1.27. The van der Waals surface area contributed by atoms with Crippen molar-refractivity contribution in [1.82, 2.24) is 10.2 Å². The van der Waals surface area contributed by atoms with E-state index >= 15 is 0 Å². The molecule has 1 fully saturated rings. The van der Waals surface area contributed by atoms with E-state index in [1.165, 1.54) is 0 Å². The summed E-state index contributed by atoms with van der Waals surface area (Å²) in [5.74, 6) is -0.124. The highest BCUT2D eigenvalue weighted by Gasteiger charge is 2.24. The van der Waals surface area contributed by atoms with E-state index in [1.54, 1.807) is 13.0 Å². The molecule has 1 N–H and O–H groups in total. The Balaban J connectivity index is 1.97. The first-order valence-corrected chi connectivity index (χ1v) is 7.80. The number of nitrogens with zero attached hydrogens (tertiary/aromatic N) is 1. The second-order valence-electron chi connectivity index (χ2n) is 6.13. The number of aryl methyl sites for hydroxylation is 1. The smallest absolute Gasteiger partial charge is 0.126 e. The number of hydrogen-bond donors (Lipinski definition) is 1. The van der Waals surface area contributed by atoms with Crippen LogP contribution in [-0.4, -0.2) is 43.8 Å². The maximum atomic E-state index is 13.7. The average Bonchev–Trinajstić information content (AvgIpc) is 2.46. The van der Waals surface area contributed by atoms with Crippen molar-refractivity contribution in [2.45, 2.75) is 45.4 Å². The van der Waals surface area contributed by atoms with Gasteiger partial charge >= 0.3 is 0 Å². The molecule has 3 nitrogen and oxygen atoms in total. The third-order valence-electron chi connectivity index (χ3n) is 4.39. The Kier molecular flexibility index (Phi) is 5.73. The zero-order chi connectivity index (χ0) is 15.4. The zero-order valence-corrected chi connectivity index (χ0v) is 13.5. The minimum absolute atomic E-state index is 0.124. The normalized spacial score (nSPS) is 25.0. The molecule has 0 radical (unpaired) electrons. The monoisotopic (exact) mass is 294 g/mol. The molecule has 3 unspecified atom stereocenters. The summed E-state index contributed by atoms with van der Waals surface area (Å²) in [6, 6.07) is 6.17. The maximum Gasteiger partial charge on any atom is 0.126 e. The lowest BCUT2D eigenvalue weighted by molar-refractivity contribution is -0.0502. The number of hydrogen-bond acceptors (Lipinski definition) is 3. The van der Waals surface area contributed by atoms with Gasteiger partial charge in [-0.05, 0) is 51.4 Å². The van der Waals surface area contributed by atoms with Gasteiger partial charge in [0.1, 0.15) is 5.82 Å². The second kappa shape index (κ2) is 7.34. The van der Waals surface area contributed by atoms with Crippen molar-refractivity contribution in [3.8, 4) is 0 Å². The lowest BCUT2D eigenvalue weighted by Crippen LogP contribution is -2.48. The molecule has 0 amide bonds. The van der Waals surface area contributed by atoms with E-state index in [9.17, 15) is 4.39 Å². The minimum Gasteiger partial charge on any atom is -0.376 e. The highest BCUT2D eigenvalue weighted by Crippen LogP contribution is 2.21. The molecule has 2 rings (SSSR count). The minimum atomic E-state index is -0.124. The fourth-order valence-corrected chi connectivity index (χ4v) is 2.88. The van der Waals surface area contributed by atoms with E-state index in [1.807, 2.05) is 19.2 Å². The summed E-state index contributed by atoms with van der Waals surface area (Å²) in [4.78, 5) is 2.46. The molecule has 4 heteroatoms. The molecule has 1 aromatic carbocycles. The summed E-state index contributed by atoms with van der Waals surface area (Å²) >= 11 is 0. The number of rotatable bonds is 5. The third-order valence-corrected chi connectivity index (χ3v) is 4.39. The van der Waals surface area contributed by atoms with Gasteiger partial charge in [-0.3, -0.25) is 4.90 Å². The van der Waals surface area contributed by atoms with Gasteiger partial charge < -0.3 is 10.1 Å². The van der Waals surface area contributed by atoms with Crippen molar-refractivity contribution < 1.29 is 9.13 Å². The molecular weight excluding hydrogens is 267 g/mol. The Morgan fingerprint density at radius 1 is 1.43 bits per heavy atom. The van der Waals surface area contributed by atoms with E-state index in [4.69, 9.17) is 4.74 Å². The summed E-state index contributed by atoms with van der Waals surface area (Å²) in [6.45, 7) is 8.88. The molecular formula is C17H27FN2O. The third kappa shape index (κ3) is 4.25. The number of halogens is 1. The maximum absolute atomic E-state index is 13.7. The molecule has 21 heavy (non-hydrogen) atoms. The highest BCUT2D eigenvalue weighted by atomic mass is 19.1. The topological polar surface area (TPSA) is 24.5 Å². The van der Waals surface area contributed by atoms with Gasteiger partial charge in [-0.25, -0.2) is 4.39 Å².